The van der Waals surface area contributed by atoms with Crippen molar-refractivity contribution in [1.82, 2.24) is 14.8 Å². The van der Waals surface area contributed by atoms with Gasteiger partial charge in [-0.2, -0.15) is 18.3 Å². The molecule has 0 spiro atoms. The van der Waals surface area contributed by atoms with Gasteiger partial charge in [-0.15, -0.1) is 0 Å². The molecule has 2 rings (SSSR count). The first-order valence-electron chi connectivity index (χ1n) is 5.21. The zero-order valence-corrected chi connectivity index (χ0v) is 9.90. The van der Waals surface area contributed by atoms with Crippen LogP contribution < -0.4 is 0 Å². The first-order chi connectivity index (χ1) is 9.71. The summed E-state index contributed by atoms with van der Waals surface area (Å²) in [6.45, 7) is 0. The standard InChI is InChI=1S/C10H5F3N4O4/c11-10(12,13)5-2-1-3-14-8(5)16-4-6(17(20)21)7(15-16)9(18)19/h1-4H,(H,18,19). The molecule has 110 valence electrons. The lowest BCUT2D eigenvalue weighted by atomic mass is 10.2. The number of aromatic nitrogens is 3. The molecule has 0 aliphatic carbocycles. The molecule has 0 aromatic carbocycles. The van der Waals surface area contributed by atoms with Crippen molar-refractivity contribution in [3.63, 3.8) is 0 Å². The number of hydrogen-bond acceptors (Lipinski definition) is 5. The molecule has 0 fully saturated rings. The molecule has 0 saturated heterocycles. The Kier molecular flexibility index (Phi) is 3.33. The van der Waals surface area contributed by atoms with Gasteiger partial charge < -0.3 is 5.11 Å². The van der Waals surface area contributed by atoms with Gasteiger partial charge in [0.25, 0.3) is 0 Å². The smallest absolute Gasteiger partial charge is 0.420 e. The molecule has 0 radical (unpaired) electrons. The Hall–Kier alpha value is -2.98. The van der Waals surface area contributed by atoms with Gasteiger partial charge in [-0.1, -0.05) is 0 Å². The molecule has 0 aliphatic rings. The van der Waals surface area contributed by atoms with Crippen LogP contribution >= 0.6 is 0 Å². The molecule has 2 aromatic rings. The van der Waals surface area contributed by atoms with E-state index in [1.54, 1.807) is 0 Å². The summed E-state index contributed by atoms with van der Waals surface area (Å²) in [7, 11) is 0. The normalized spacial score (nSPS) is 11.4. The van der Waals surface area contributed by atoms with E-state index in [0.29, 0.717) is 16.9 Å². The highest BCUT2D eigenvalue weighted by atomic mass is 19.4. The van der Waals surface area contributed by atoms with Crippen molar-refractivity contribution in [1.29, 1.82) is 0 Å². The highest BCUT2D eigenvalue weighted by Gasteiger charge is 2.36. The Morgan fingerprint density at radius 1 is 1.43 bits per heavy atom. The quantitative estimate of drug-likeness (QED) is 0.684. The van der Waals surface area contributed by atoms with Gasteiger partial charge in [0, 0.05) is 6.20 Å². The van der Waals surface area contributed by atoms with Crippen LogP contribution in [0.25, 0.3) is 5.82 Å². The van der Waals surface area contributed by atoms with Crippen molar-refractivity contribution in [2.45, 2.75) is 6.18 Å². The van der Waals surface area contributed by atoms with E-state index in [1.807, 2.05) is 0 Å². The summed E-state index contributed by atoms with van der Waals surface area (Å²) in [6.07, 6.45) is -3.17. The molecule has 0 aliphatic heterocycles. The minimum Gasteiger partial charge on any atom is -0.476 e. The number of halogens is 3. The second kappa shape index (κ2) is 4.85. The molecule has 0 atom stereocenters. The molecule has 0 amide bonds. The zero-order valence-electron chi connectivity index (χ0n) is 9.90. The van der Waals surface area contributed by atoms with Gasteiger partial charge in [0.15, 0.2) is 5.82 Å². The third kappa shape index (κ3) is 2.66. The first kappa shape index (κ1) is 14.4. The summed E-state index contributed by atoms with van der Waals surface area (Å²) < 4.78 is 38.9. The molecule has 1 N–H and O–H groups in total. The third-order valence-corrected chi connectivity index (χ3v) is 2.40. The average Bonchev–Trinajstić information content (AvgIpc) is 2.83. The second-order valence-electron chi connectivity index (χ2n) is 3.74. The average molecular weight is 302 g/mol. The van der Waals surface area contributed by atoms with Crippen molar-refractivity contribution >= 4 is 11.7 Å². The first-order valence-corrected chi connectivity index (χ1v) is 5.21. The maximum Gasteiger partial charge on any atom is 0.420 e. The van der Waals surface area contributed by atoms with Crippen LogP contribution in [0.15, 0.2) is 24.5 Å². The van der Waals surface area contributed by atoms with Crippen molar-refractivity contribution < 1.29 is 28.0 Å². The van der Waals surface area contributed by atoms with Gasteiger partial charge in [0.05, 0.1) is 4.92 Å². The molecule has 2 heterocycles. The fourth-order valence-electron chi connectivity index (χ4n) is 1.56. The molecular weight excluding hydrogens is 297 g/mol. The zero-order chi connectivity index (χ0) is 15.8. The van der Waals surface area contributed by atoms with Gasteiger partial charge in [-0.25, -0.2) is 14.5 Å². The van der Waals surface area contributed by atoms with E-state index in [2.05, 4.69) is 10.1 Å². The van der Waals surface area contributed by atoms with Crippen LogP contribution in [0, 0.1) is 10.1 Å². The summed E-state index contributed by atoms with van der Waals surface area (Å²) >= 11 is 0. The van der Waals surface area contributed by atoms with Gasteiger partial charge in [-0.3, -0.25) is 10.1 Å². The molecule has 0 bridgehead atoms. The van der Waals surface area contributed by atoms with Gasteiger partial charge in [0.1, 0.15) is 11.8 Å². The van der Waals surface area contributed by atoms with E-state index in [-0.39, 0.29) is 0 Å². The molecule has 2 aromatic heterocycles. The van der Waals surface area contributed by atoms with Crippen LogP contribution in [0.5, 0.6) is 0 Å². The number of nitro groups is 1. The van der Waals surface area contributed by atoms with Crippen LogP contribution in [0.1, 0.15) is 16.1 Å². The summed E-state index contributed by atoms with van der Waals surface area (Å²) in [6, 6.07) is 1.73. The van der Waals surface area contributed by atoms with E-state index in [1.165, 1.54) is 0 Å². The molecule has 0 saturated carbocycles. The minimum atomic E-state index is -4.77. The highest BCUT2D eigenvalue weighted by molar-refractivity contribution is 5.89. The lowest BCUT2D eigenvalue weighted by Crippen LogP contribution is -2.13. The number of nitrogens with zero attached hydrogens (tertiary/aromatic N) is 4. The molecule has 8 nitrogen and oxygen atoms in total. The maximum absolute atomic E-state index is 12.8. The second-order valence-corrected chi connectivity index (χ2v) is 3.74. The number of alkyl halides is 3. The fourth-order valence-corrected chi connectivity index (χ4v) is 1.56. The SMILES string of the molecule is O=C(O)c1nn(-c2ncccc2C(F)(F)F)cc1[N+](=O)[O-]. The van der Waals surface area contributed by atoms with Crippen LogP contribution in [-0.4, -0.2) is 30.8 Å². The maximum atomic E-state index is 12.8. The van der Waals surface area contributed by atoms with E-state index >= 15 is 0 Å². The number of pyridine rings is 1. The Labute approximate surface area is 113 Å². The molecule has 21 heavy (non-hydrogen) atoms. The molecule has 0 unspecified atom stereocenters. The van der Waals surface area contributed by atoms with Crippen molar-refractivity contribution in [2.75, 3.05) is 0 Å². The number of aromatic carboxylic acids is 1. The third-order valence-electron chi connectivity index (χ3n) is 2.40. The lowest BCUT2D eigenvalue weighted by molar-refractivity contribution is -0.385. The number of carbonyl (C=O) groups is 1. The monoisotopic (exact) mass is 302 g/mol. The molecular formula is C10H5F3N4O4. The fraction of sp³-hybridized carbons (Fsp3) is 0.100. The van der Waals surface area contributed by atoms with Crippen molar-refractivity contribution in [3.05, 3.63) is 45.9 Å². The summed E-state index contributed by atoms with van der Waals surface area (Å²) in [5, 5.41) is 22.8. The predicted molar refractivity (Wildman–Crippen MR) is 60.0 cm³/mol. The van der Waals surface area contributed by atoms with Crippen LogP contribution in [-0.2, 0) is 6.18 Å². The van der Waals surface area contributed by atoms with E-state index < -0.39 is 39.8 Å². The van der Waals surface area contributed by atoms with Crippen molar-refractivity contribution in [3.8, 4) is 5.82 Å². The molecule has 11 heteroatoms. The van der Waals surface area contributed by atoms with Crippen LogP contribution in [0.4, 0.5) is 18.9 Å². The van der Waals surface area contributed by atoms with E-state index in [0.717, 1.165) is 12.3 Å². The minimum absolute atomic E-state index is 0.421. The Balaban J connectivity index is 2.67. The number of carboxylic acid groups (broad SMARTS) is 1. The van der Waals surface area contributed by atoms with E-state index in [4.69, 9.17) is 5.11 Å². The Bertz CT molecular complexity index is 694. The van der Waals surface area contributed by atoms with Crippen LogP contribution in [0.3, 0.4) is 0 Å². The Morgan fingerprint density at radius 3 is 2.57 bits per heavy atom. The topological polar surface area (TPSA) is 111 Å². The summed E-state index contributed by atoms with van der Waals surface area (Å²) in [4.78, 5) is 23.9. The van der Waals surface area contributed by atoms with Crippen LogP contribution in [0.2, 0.25) is 0 Å². The van der Waals surface area contributed by atoms with Crippen molar-refractivity contribution in [2.24, 2.45) is 0 Å². The van der Waals surface area contributed by atoms with Gasteiger partial charge >= 0.3 is 17.8 Å². The lowest BCUT2D eigenvalue weighted by Gasteiger charge is -2.10. The number of carboxylic acids is 1. The highest BCUT2D eigenvalue weighted by Crippen LogP contribution is 2.33. The number of hydrogen-bond donors (Lipinski definition) is 1. The largest absolute Gasteiger partial charge is 0.476 e. The Morgan fingerprint density at radius 2 is 2.10 bits per heavy atom. The van der Waals surface area contributed by atoms with E-state index in [9.17, 15) is 28.1 Å². The van der Waals surface area contributed by atoms with Gasteiger partial charge in [-0.05, 0) is 12.1 Å². The predicted octanol–water partition coefficient (Wildman–Crippen LogP) is 1.89. The van der Waals surface area contributed by atoms with Gasteiger partial charge in [0.2, 0.25) is 5.69 Å². The summed E-state index contributed by atoms with van der Waals surface area (Å²) in [5.74, 6) is -2.48. The number of rotatable bonds is 3. The summed E-state index contributed by atoms with van der Waals surface area (Å²) in [5.41, 5.74) is -3.10.